The molecule has 1 aliphatic rings. The van der Waals surface area contributed by atoms with E-state index in [1.807, 2.05) is 12.1 Å². The van der Waals surface area contributed by atoms with Gasteiger partial charge in [-0.25, -0.2) is 0 Å². The van der Waals surface area contributed by atoms with E-state index in [1.165, 1.54) is 22.2 Å². The molecule has 0 fully saturated rings. The van der Waals surface area contributed by atoms with Gasteiger partial charge in [0, 0.05) is 28.9 Å². The minimum absolute atomic E-state index is 0.584. The zero-order chi connectivity index (χ0) is 11.1. The number of aromatic nitrogens is 1. The summed E-state index contributed by atoms with van der Waals surface area (Å²) < 4.78 is 0. The van der Waals surface area contributed by atoms with Crippen LogP contribution >= 0.6 is 11.6 Å². The number of benzene rings is 1. The van der Waals surface area contributed by atoms with Crippen LogP contribution in [0.5, 0.6) is 0 Å². The van der Waals surface area contributed by atoms with Gasteiger partial charge in [-0.1, -0.05) is 24.6 Å². The second kappa shape index (κ2) is 3.79. The lowest BCUT2D eigenvalue weighted by Gasteiger charge is -2.04. The Labute approximate surface area is 100.0 Å². The zero-order valence-electron chi connectivity index (χ0n) is 9.39. The van der Waals surface area contributed by atoms with Crippen LogP contribution in [0.25, 0.3) is 10.9 Å². The Kier molecular flexibility index (Phi) is 2.41. The van der Waals surface area contributed by atoms with Crippen LogP contribution in [-0.4, -0.2) is 18.1 Å². The standard InChI is InChI=1S/C13H15ClN2/c1-8-7-15-6-5-9-12-10(14)3-2-4-11(12)16-13(8)9/h2-4,8,15-16H,5-7H2,1H3/p+1/t8-/m0/s1. The predicted octanol–water partition coefficient (Wildman–Crippen LogP) is 2.04. The van der Waals surface area contributed by atoms with Crippen LogP contribution in [0.1, 0.15) is 24.1 Å². The summed E-state index contributed by atoms with van der Waals surface area (Å²) in [5.74, 6) is 0.584. The molecule has 2 nitrogen and oxygen atoms in total. The summed E-state index contributed by atoms with van der Waals surface area (Å²) in [6, 6.07) is 6.11. The fourth-order valence-corrected chi connectivity index (χ4v) is 2.99. The molecular formula is C13H16ClN2+. The molecule has 0 bridgehead atoms. The lowest BCUT2D eigenvalue weighted by molar-refractivity contribution is -0.655. The largest absolute Gasteiger partial charge is 0.358 e. The van der Waals surface area contributed by atoms with Gasteiger partial charge in [-0.05, 0) is 17.7 Å². The molecule has 1 aromatic heterocycles. The van der Waals surface area contributed by atoms with Crippen molar-refractivity contribution < 1.29 is 5.32 Å². The molecule has 0 saturated heterocycles. The number of fused-ring (bicyclic) bond motifs is 3. The maximum absolute atomic E-state index is 6.31. The van der Waals surface area contributed by atoms with E-state index in [-0.39, 0.29) is 0 Å². The normalized spacial score (nSPS) is 20.8. The molecular weight excluding hydrogens is 220 g/mol. The maximum Gasteiger partial charge on any atom is 0.0836 e. The number of hydrogen-bond donors (Lipinski definition) is 2. The highest BCUT2D eigenvalue weighted by Gasteiger charge is 2.22. The first-order chi connectivity index (χ1) is 7.77. The third-order valence-corrected chi connectivity index (χ3v) is 3.84. The minimum atomic E-state index is 0.584. The van der Waals surface area contributed by atoms with Crippen LogP contribution < -0.4 is 5.32 Å². The van der Waals surface area contributed by atoms with Crippen molar-refractivity contribution in [2.24, 2.45) is 0 Å². The van der Waals surface area contributed by atoms with E-state index in [1.54, 1.807) is 0 Å². The van der Waals surface area contributed by atoms with Crippen LogP contribution in [-0.2, 0) is 6.42 Å². The molecule has 84 valence electrons. The Morgan fingerprint density at radius 2 is 2.31 bits per heavy atom. The molecule has 16 heavy (non-hydrogen) atoms. The van der Waals surface area contributed by atoms with E-state index in [4.69, 9.17) is 11.6 Å². The van der Waals surface area contributed by atoms with Crippen molar-refractivity contribution in [1.29, 1.82) is 0 Å². The molecule has 0 aliphatic carbocycles. The SMILES string of the molecule is C[C@H]1C[NH2+]CCc2c1[nH]c1cccc(Cl)c21. The van der Waals surface area contributed by atoms with E-state index < -0.39 is 0 Å². The number of H-pyrrole nitrogens is 1. The van der Waals surface area contributed by atoms with Crippen molar-refractivity contribution in [2.45, 2.75) is 19.3 Å². The van der Waals surface area contributed by atoms with Gasteiger partial charge in [0.05, 0.1) is 18.1 Å². The van der Waals surface area contributed by atoms with Crippen molar-refractivity contribution in [3.63, 3.8) is 0 Å². The second-order valence-electron chi connectivity index (χ2n) is 4.64. The summed E-state index contributed by atoms with van der Waals surface area (Å²) in [5, 5.41) is 4.51. The van der Waals surface area contributed by atoms with Gasteiger partial charge in [0.1, 0.15) is 0 Å². The quantitative estimate of drug-likeness (QED) is 0.701. The Bertz CT molecular complexity index is 530. The topological polar surface area (TPSA) is 32.4 Å². The molecule has 3 N–H and O–H groups in total. The predicted molar refractivity (Wildman–Crippen MR) is 67.1 cm³/mol. The third-order valence-electron chi connectivity index (χ3n) is 3.52. The van der Waals surface area contributed by atoms with Gasteiger partial charge in [0.25, 0.3) is 0 Å². The smallest absolute Gasteiger partial charge is 0.0836 e. The number of rotatable bonds is 0. The Morgan fingerprint density at radius 3 is 3.19 bits per heavy atom. The Hall–Kier alpha value is -0.990. The van der Waals surface area contributed by atoms with Gasteiger partial charge in [-0.2, -0.15) is 0 Å². The first kappa shape index (κ1) is 10.2. The minimum Gasteiger partial charge on any atom is -0.358 e. The van der Waals surface area contributed by atoms with Crippen LogP contribution in [0.4, 0.5) is 0 Å². The van der Waals surface area contributed by atoms with Gasteiger partial charge in [-0.3, -0.25) is 0 Å². The first-order valence-corrected chi connectivity index (χ1v) is 6.26. The molecule has 0 saturated carbocycles. The first-order valence-electron chi connectivity index (χ1n) is 5.88. The summed E-state index contributed by atoms with van der Waals surface area (Å²) in [6.45, 7) is 4.61. The molecule has 3 rings (SSSR count). The van der Waals surface area contributed by atoms with Crippen molar-refractivity contribution in [1.82, 2.24) is 4.98 Å². The molecule has 2 heterocycles. The zero-order valence-corrected chi connectivity index (χ0v) is 10.1. The summed E-state index contributed by atoms with van der Waals surface area (Å²) in [7, 11) is 0. The lowest BCUT2D eigenvalue weighted by Crippen LogP contribution is -2.85. The molecule has 3 heteroatoms. The van der Waals surface area contributed by atoms with Gasteiger partial charge < -0.3 is 10.3 Å². The average molecular weight is 236 g/mol. The summed E-state index contributed by atoms with van der Waals surface area (Å²) in [5.41, 5.74) is 4.00. The highest BCUT2D eigenvalue weighted by Crippen LogP contribution is 2.33. The van der Waals surface area contributed by atoms with Crippen LogP contribution in [0.3, 0.4) is 0 Å². The molecule has 0 spiro atoms. The van der Waals surface area contributed by atoms with Crippen LogP contribution in [0, 0.1) is 0 Å². The summed E-state index contributed by atoms with van der Waals surface area (Å²) in [4.78, 5) is 3.54. The van der Waals surface area contributed by atoms with E-state index in [0.29, 0.717) is 5.92 Å². The fraction of sp³-hybridized carbons (Fsp3) is 0.385. The Morgan fingerprint density at radius 1 is 1.44 bits per heavy atom. The van der Waals surface area contributed by atoms with E-state index >= 15 is 0 Å². The number of nitrogens with two attached hydrogens (primary N) is 1. The summed E-state index contributed by atoms with van der Waals surface area (Å²) in [6.07, 6.45) is 1.11. The summed E-state index contributed by atoms with van der Waals surface area (Å²) >= 11 is 6.31. The van der Waals surface area contributed by atoms with Gasteiger partial charge in [-0.15, -0.1) is 0 Å². The average Bonchev–Trinajstić information content (AvgIpc) is 2.56. The third kappa shape index (κ3) is 1.45. The lowest BCUT2D eigenvalue weighted by atomic mass is 10.0. The highest BCUT2D eigenvalue weighted by molar-refractivity contribution is 6.35. The number of quaternary nitrogens is 1. The number of hydrogen-bond acceptors (Lipinski definition) is 0. The molecule has 2 aromatic rings. The Balaban J connectivity index is 2.31. The maximum atomic E-state index is 6.31. The second-order valence-corrected chi connectivity index (χ2v) is 5.05. The number of aromatic amines is 1. The van der Waals surface area contributed by atoms with Gasteiger partial charge in [0.15, 0.2) is 0 Å². The molecule has 1 aromatic carbocycles. The van der Waals surface area contributed by atoms with Crippen LogP contribution in [0.2, 0.25) is 5.02 Å². The van der Waals surface area contributed by atoms with E-state index in [0.717, 1.165) is 24.5 Å². The van der Waals surface area contributed by atoms with Crippen molar-refractivity contribution >= 4 is 22.5 Å². The molecule has 0 amide bonds. The van der Waals surface area contributed by atoms with Crippen molar-refractivity contribution in [3.05, 3.63) is 34.5 Å². The van der Waals surface area contributed by atoms with Gasteiger partial charge >= 0.3 is 0 Å². The van der Waals surface area contributed by atoms with Gasteiger partial charge in [0.2, 0.25) is 0 Å². The van der Waals surface area contributed by atoms with Crippen molar-refractivity contribution in [3.8, 4) is 0 Å². The highest BCUT2D eigenvalue weighted by atomic mass is 35.5. The van der Waals surface area contributed by atoms with E-state index in [2.05, 4.69) is 23.3 Å². The molecule has 0 unspecified atom stereocenters. The van der Waals surface area contributed by atoms with Crippen LogP contribution in [0.15, 0.2) is 18.2 Å². The number of nitrogens with one attached hydrogen (secondary N) is 1. The van der Waals surface area contributed by atoms with E-state index in [9.17, 15) is 0 Å². The fourth-order valence-electron chi connectivity index (χ4n) is 2.70. The molecule has 0 radical (unpaired) electrons. The van der Waals surface area contributed by atoms with Crippen molar-refractivity contribution in [2.75, 3.05) is 13.1 Å². The number of halogens is 1. The monoisotopic (exact) mass is 235 g/mol. The molecule has 1 aliphatic heterocycles. The molecule has 1 atom stereocenters.